The molecule has 234 valence electrons. The molecule has 0 N–H and O–H groups in total. The molecular formula is C48H32N2. The molecule has 0 unspecified atom stereocenters. The first-order valence-corrected chi connectivity index (χ1v) is 17.2. The van der Waals surface area contributed by atoms with Crippen LogP contribution in [0.2, 0.25) is 0 Å². The molecule has 0 amide bonds. The molecule has 0 saturated heterocycles. The topological polar surface area (TPSA) is 9.86 Å². The molecule has 10 aromatic rings. The zero-order valence-corrected chi connectivity index (χ0v) is 27.4. The average Bonchev–Trinajstić information content (AvgIpc) is 3.72. The SMILES string of the molecule is c1ccc(-c2ccc(-n3c4ccccc4c4c(-c5cccc(-n6c7ccccc7c7ccccc76)c5)cccc43)c(-c3ccccc3)c2)cc1. The average molecular weight is 637 g/mol. The number of fused-ring (bicyclic) bond motifs is 6. The van der Waals surface area contributed by atoms with Gasteiger partial charge in [0, 0.05) is 32.8 Å². The van der Waals surface area contributed by atoms with Gasteiger partial charge < -0.3 is 9.13 Å². The lowest BCUT2D eigenvalue weighted by Gasteiger charge is -2.16. The lowest BCUT2D eigenvalue weighted by Crippen LogP contribution is -1.98. The summed E-state index contributed by atoms with van der Waals surface area (Å²) in [5.74, 6) is 0. The van der Waals surface area contributed by atoms with Crippen molar-refractivity contribution in [1.82, 2.24) is 9.13 Å². The highest BCUT2D eigenvalue weighted by Gasteiger charge is 2.20. The maximum atomic E-state index is 2.46. The Morgan fingerprint density at radius 1 is 0.280 bits per heavy atom. The molecule has 10 rings (SSSR count). The quantitative estimate of drug-likeness (QED) is 0.178. The summed E-state index contributed by atoms with van der Waals surface area (Å²) < 4.78 is 4.86. The molecule has 0 aliphatic carbocycles. The standard InChI is InChI=1S/C48H32N2/c1-3-15-33(16-4-1)35-29-30-46(42(32-35)34-17-5-2-6-18-34)50-45-27-12-9-23-41(45)48-38(24-14-28-47(48)50)36-19-13-20-37(31-36)49-43-25-10-7-21-39(43)40-22-8-11-26-44(40)49/h1-32H. The molecule has 50 heavy (non-hydrogen) atoms. The maximum Gasteiger partial charge on any atom is 0.0547 e. The number of nitrogens with zero attached hydrogens (tertiary/aromatic N) is 2. The lowest BCUT2D eigenvalue weighted by atomic mass is 9.97. The molecule has 0 radical (unpaired) electrons. The van der Waals surface area contributed by atoms with Gasteiger partial charge in [-0.2, -0.15) is 0 Å². The monoisotopic (exact) mass is 636 g/mol. The fourth-order valence-corrected chi connectivity index (χ4v) is 7.92. The van der Waals surface area contributed by atoms with Gasteiger partial charge in [0.1, 0.15) is 0 Å². The van der Waals surface area contributed by atoms with E-state index in [4.69, 9.17) is 0 Å². The number of hydrogen-bond acceptors (Lipinski definition) is 0. The highest BCUT2D eigenvalue weighted by atomic mass is 15.0. The largest absolute Gasteiger partial charge is 0.309 e. The van der Waals surface area contributed by atoms with Crippen molar-refractivity contribution >= 4 is 43.6 Å². The predicted molar refractivity (Wildman–Crippen MR) is 211 cm³/mol. The van der Waals surface area contributed by atoms with Gasteiger partial charge in [0.25, 0.3) is 0 Å². The van der Waals surface area contributed by atoms with Crippen molar-refractivity contribution in [3.05, 3.63) is 194 Å². The smallest absolute Gasteiger partial charge is 0.0547 e. The second-order valence-electron chi connectivity index (χ2n) is 12.9. The molecule has 8 aromatic carbocycles. The fourth-order valence-electron chi connectivity index (χ4n) is 7.92. The van der Waals surface area contributed by atoms with E-state index in [9.17, 15) is 0 Å². The Kier molecular flexibility index (Phi) is 6.53. The molecule has 0 saturated carbocycles. The van der Waals surface area contributed by atoms with Crippen molar-refractivity contribution in [2.24, 2.45) is 0 Å². The Labute approximate surface area is 290 Å². The van der Waals surface area contributed by atoms with Crippen molar-refractivity contribution in [3.8, 4) is 44.8 Å². The minimum atomic E-state index is 1.16. The van der Waals surface area contributed by atoms with E-state index < -0.39 is 0 Å². The van der Waals surface area contributed by atoms with Crippen LogP contribution in [0.5, 0.6) is 0 Å². The van der Waals surface area contributed by atoms with Gasteiger partial charge in [-0.25, -0.2) is 0 Å². The zero-order chi connectivity index (χ0) is 33.0. The summed E-state index contributed by atoms with van der Waals surface area (Å²) in [4.78, 5) is 0. The number of para-hydroxylation sites is 3. The third-order valence-corrected chi connectivity index (χ3v) is 10.1. The Morgan fingerprint density at radius 3 is 1.52 bits per heavy atom. The summed E-state index contributed by atoms with van der Waals surface area (Å²) in [6, 6.07) is 70.4. The second-order valence-corrected chi connectivity index (χ2v) is 12.9. The Morgan fingerprint density at radius 2 is 0.820 bits per heavy atom. The first-order chi connectivity index (χ1) is 24.8. The van der Waals surface area contributed by atoms with Crippen molar-refractivity contribution < 1.29 is 0 Å². The van der Waals surface area contributed by atoms with Crippen LogP contribution < -0.4 is 0 Å². The van der Waals surface area contributed by atoms with E-state index in [0.717, 1.165) is 5.69 Å². The molecule has 0 bridgehead atoms. The summed E-state index contributed by atoms with van der Waals surface area (Å²) in [5.41, 5.74) is 14.4. The number of rotatable bonds is 5. The summed E-state index contributed by atoms with van der Waals surface area (Å²) >= 11 is 0. The van der Waals surface area contributed by atoms with Crippen LogP contribution in [0.25, 0.3) is 88.4 Å². The van der Waals surface area contributed by atoms with Crippen LogP contribution in [0.4, 0.5) is 0 Å². The highest BCUT2D eigenvalue weighted by molar-refractivity contribution is 6.16. The molecule has 2 heterocycles. The molecule has 2 heteroatoms. The van der Waals surface area contributed by atoms with E-state index in [-0.39, 0.29) is 0 Å². The summed E-state index contributed by atoms with van der Waals surface area (Å²) in [6.45, 7) is 0. The molecule has 2 aromatic heterocycles. The Balaban J connectivity index is 1.22. The normalized spacial score (nSPS) is 11.6. The minimum Gasteiger partial charge on any atom is -0.309 e. The van der Waals surface area contributed by atoms with Crippen LogP contribution in [0.3, 0.4) is 0 Å². The summed E-state index contributed by atoms with van der Waals surface area (Å²) in [5, 5.41) is 5.04. The van der Waals surface area contributed by atoms with Gasteiger partial charge >= 0.3 is 0 Å². The predicted octanol–water partition coefficient (Wildman–Crippen LogP) is 12.9. The number of hydrogen-bond donors (Lipinski definition) is 0. The van der Waals surface area contributed by atoms with Crippen LogP contribution in [0.1, 0.15) is 0 Å². The van der Waals surface area contributed by atoms with Gasteiger partial charge in [0.05, 0.1) is 27.8 Å². The van der Waals surface area contributed by atoms with Gasteiger partial charge in [-0.05, 0) is 76.3 Å². The van der Waals surface area contributed by atoms with Crippen LogP contribution in [-0.2, 0) is 0 Å². The third kappa shape index (κ3) is 4.43. The van der Waals surface area contributed by atoms with E-state index in [1.165, 1.54) is 82.7 Å². The lowest BCUT2D eigenvalue weighted by molar-refractivity contribution is 1.18. The van der Waals surface area contributed by atoms with E-state index in [1.807, 2.05) is 0 Å². The molecule has 0 aliphatic heterocycles. The summed E-state index contributed by atoms with van der Waals surface area (Å²) in [6.07, 6.45) is 0. The van der Waals surface area contributed by atoms with Crippen LogP contribution >= 0.6 is 0 Å². The molecule has 0 spiro atoms. The van der Waals surface area contributed by atoms with Crippen molar-refractivity contribution in [2.75, 3.05) is 0 Å². The van der Waals surface area contributed by atoms with Crippen LogP contribution in [0.15, 0.2) is 194 Å². The van der Waals surface area contributed by atoms with E-state index >= 15 is 0 Å². The van der Waals surface area contributed by atoms with Crippen LogP contribution in [-0.4, -0.2) is 9.13 Å². The first kappa shape index (κ1) is 28.4. The second kappa shape index (κ2) is 11.5. The van der Waals surface area contributed by atoms with Gasteiger partial charge in [-0.1, -0.05) is 146 Å². The Bertz CT molecular complexity index is 2800. The highest BCUT2D eigenvalue weighted by Crippen LogP contribution is 2.42. The minimum absolute atomic E-state index is 1.16. The van der Waals surface area contributed by atoms with E-state index in [0.29, 0.717) is 0 Å². The van der Waals surface area contributed by atoms with Crippen molar-refractivity contribution in [3.63, 3.8) is 0 Å². The van der Waals surface area contributed by atoms with Crippen LogP contribution in [0, 0.1) is 0 Å². The van der Waals surface area contributed by atoms with E-state index in [1.54, 1.807) is 0 Å². The first-order valence-electron chi connectivity index (χ1n) is 17.2. The molecule has 2 nitrogen and oxygen atoms in total. The fraction of sp³-hybridized carbons (Fsp3) is 0. The van der Waals surface area contributed by atoms with Gasteiger partial charge in [-0.3, -0.25) is 0 Å². The number of aromatic nitrogens is 2. The Hall–Kier alpha value is -6.64. The van der Waals surface area contributed by atoms with E-state index in [2.05, 4.69) is 203 Å². The maximum absolute atomic E-state index is 2.46. The summed E-state index contributed by atoms with van der Waals surface area (Å²) in [7, 11) is 0. The molecule has 0 atom stereocenters. The third-order valence-electron chi connectivity index (χ3n) is 10.1. The van der Waals surface area contributed by atoms with Gasteiger partial charge in [0.2, 0.25) is 0 Å². The van der Waals surface area contributed by atoms with Gasteiger partial charge in [-0.15, -0.1) is 0 Å². The van der Waals surface area contributed by atoms with Crippen molar-refractivity contribution in [1.29, 1.82) is 0 Å². The molecule has 0 fully saturated rings. The number of benzene rings is 8. The molecule has 0 aliphatic rings. The zero-order valence-electron chi connectivity index (χ0n) is 27.4. The van der Waals surface area contributed by atoms with Gasteiger partial charge in [0.15, 0.2) is 0 Å². The van der Waals surface area contributed by atoms with Crippen molar-refractivity contribution in [2.45, 2.75) is 0 Å². The molecular weight excluding hydrogens is 605 g/mol.